The molecular formula is C22H16F3N7O4S. The molecule has 0 fully saturated rings. The van der Waals surface area contributed by atoms with Crippen LogP contribution in [-0.2, 0) is 4.79 Å². The maximum absolute atomic E-state index is 15.1. The molecule has 4 rings (SSSR count). The molecule has 190 valence electrons. The van der Waals surface area contributed by atoms with Crippen molar-refractivity contribution in [1.29, 1.82) is 0 Å². The van der Waals surface area contributed by atoms with Crippen molar-refractivity contribution in [2.75, 3.05) is 12.4 Å². The monoisotopic (exact) mass is 531 g/mol. The third-order valence-electron chi connectivity index (χ3n) is 5.00. The first-order valence-electron chi connectivity index (χ1n) is 10.3. The molecule has 0 radical (unpaired) electrons. The Labute approximate surface area is 210 Å². The third-order valence-corrected chi connectivity index (χ3v) is 5.75. The van der Waals surface area contributed by atoms with Crippen LogP contribution in [0.5, 0.6) is 5.75 Å². The van der Waals surface area contributed by atoms with E-state index in [9.17, 15) is 23.2 Å². The minimum atomic E-state index is -2.92. The van der Waals surface area contributed by atoms with E-state index >= 15 is 4.39 Å². The number of carbonyl (C=O) groups excluding carboxylic acids is 2. The molecule has 0 bridgehead atoms. The van der Waals surface area contributed by atoms with Crippen LogP contribution in [-0.4, -0.2) is 42.8 Å². The van der Waals surface area contributed by atoms with Crippen LogP contribution in [0.25, 0.3) is 27.5 Å². The average molecular weight is 531 g/mol. The molecular weight excluding hydrogens is 515 g/mol. The highest BCUT2D eigenvalue weighted by atomic mass is 32.1. The van der Waals surface area contributed by atoms with Gasteiger partial charge in [-0.3, -0.25) is 29.3 Å². The Hall–Kier alpha value is -4.66. The van der Waals surface area contributed by atoms with Crippen LogP contribution in [0.3, 0.4) is 0 Å². The minimum Gasteiger partial charge on any atom is -0.494 e. The van der Waals surface area contributed by atoms with Gasteiger partial charge in [0.25, 0.3) is 17.9 Å². The van der Waals surface area contributed by atoms with Crippen LogP contribution < -0.4 is 21.3 Å². The van der Waals surface area contributed by atoms with Crippen molar-refractivity contribution in [3.8, 4) is 33.3 Å². The summed E-state index contributed by atoms with van der Waals surface area (Å²) >= 11 is 0.770. The number of nitrogens with zero attached hydrogens (tertiary/aromatic N) is 5. The molecule has 0 aliphatic heterocycles. The van der Waals surface area contributed by atoms with Gasteiger partial charge >= 0.3 is 0 Å². The van der Waals surface area contributed by atoms with E-state index in [4.69, 9.17) is 10.5 Å². The van der Waals surface area contributed by atoms with E-state index in [2.05, 4.69) is 24.6 Å². The number of rotatable bonds is 7. The van der Waals surface area contributed by atoms with Crippen LogP contribution in [0.15, 0.2) is 41.6 Å². The molecule has 15 heteroatoms. The smallest absolute Gasteiger partial charge is 0.293 e. The number of primary amides is 1. The molecule has 0 aliphatic rings. The van der Waals surface area contributed by atoms with Gasteiger partial charge < -0.3 is 10.5 Å². The second-order valence-electron chi connectivity index (χ2n) is 7.39. The van der Waals surface area contributed by atoms with Crippen LogP contribution in [0, 0.1) is 5.82 Å². The van der Waals surface area contributed by atoms with Gasteiger partial charge in [-0.15, -0.1) is 0 Å². The zero-order chi connectivity index (χ0) is 26.9. The zero-order valence-electron chi connectivity index (χ0n) is 19.0. The molecule has 0 saturated carbocycles. The first-order valence-corrected chi connectivity index (χ1v) is 11.0. The number of halogens is 3. The molecule has 2 amide bonds. The quantitative estimate of drug-likeness (QED) is 0.369. The summed E-state index contributed by atoms with van der Waals surface area (Å²) in [6.07, 6.45) is 0.390. The van der Waals surface area contributed by atoms with Crippen molar-refractivity contribution in [2.45, 2.75) is 13.3 Å². The fourth-order valence-corrected chi connectivity index (χ4v) is 3.99. The number of ether oxygens (including phenoxy) is 1. The Morgan fingerprint density at radius 3 is 2.57 bits per heavy atom. The number of hydrogen-bond donors (Lipinski definition) is 2. The SMILES string of the molecule is COc1cnc(C(F)F)cc1-c1cc(-n2ccc(-c3nc(NC(C)=O)ns3)c(F)c2=O)ncc1C(N)=O. The lowest BCUT2D eigenvalue weighted by molar-refractivity contribution is -0.114. The van der Waals surface area contributed by atoms with Crippen molar-refractivity contribution in [3.05, 3.63) is 64.2 Å². The predicted octanol–water partition coefficient (Wildman–Crippen LogP) is 2.96. The van der Waals surface area contributed by atoms with Crippen molar-refractivity contribution in [2.24, 2.45) is 5.73 Å². The third kappa shape index (κ3) is 5.02. The predicted molar refractivity (Wildman–Crippen MR) is 126 cm³/mol. The van der Waals surface area contributed by atoms with Gasteiger partial charge in [-0.05, 0) is 29.7 Å². The lowest BCUT2D eigenvalue weighted by Gasteiger charge is -2.14. The number of pyridine rings is 3. The molecule has 0 aromatic carbocycles. The summed E-state index contributed by atoms with van der Waals surface area (Å²) in [6.45, 7) is 1.25. The number of amides is 2. The highest BCUT2D eigenvalue weighted by molar-refractivity contribution is 7.09. The number of anilines is 1. The molecule has 0 saturated heterocycles. The van der Waals surface area contributed by atoms with Crippen molar-refractivity contribution in [1.82, 2.24) is 23.9 Å². The summed E-state index contributed by atoms with van der Waals surface area (Å²) in [5.41, 5.74) is 3.47. The van der Waals surface area contributed by atoms with E-state index in [-0.39, 0.29) is 44.8 Å². The summed E-state index contributed by atoms with van der Waals surface area (Å²) in [4.78, 5) is 47.8. The molecule has 3 N–H and O–H groups in total. The largest absolute Gasteiger partial charge is 0.494 e. The number of nitrogens with one attached hydrogen (secondary N) is 1. The van der Waals surface area contributed by atoms with E-state index < -0.39 is 35.3 Å². The Balaban J connectivity index is 1.85. The van der Waals surface area contributed by atoms with Crippen molar-refractivity contribution < 1.29 is 27.5 Å². The summed E-state index contributed by atoms with van der Waals surface area (Å²) in [5, 5.41) is 2.40. The van der Waals surface area contributed by atoms with Gasteiger partial charge in [-0.2, -0.15) is 9.36 Å². The van der Waals surface area contributed by atoms with Gasteiger partial charge in [0.15, 0.2) is 5.82 Å². The first-order chi connectivity index (χ1) is 17.6. The maximum Gasteiger partial charge on any atom is 0.293 e. The number of carbonyl (C=O) groups is 2. The Morgan fingerprint density at radius 1 is 1.16 bits per heavy atom. The molecule has 0 atom stereocenters. The standard InChI is InChI=1S/C22H16F3N7O4S/c1-9(33)29-22-30-20(37-31-22)10-3-4-32(21(35)17(10)23)16-6-11(13(7-28-16)19(26)34)12-5-14(18(24)25)27-8-15(12)36-2/h3-8,18H,1-2H3,(H2,26,34)(H,29,31,33). The van der Waals surface area contributed by atoms with Crippen LogP contribution in [0.1, 0.15) is 29.4 Å². The molecule has 0 unspecified atom stereocenters. The second-order valence-corrected chi connectivity index (χ2v) is 8.14. The van der Waals surface area contributed by atoms with Crippen molar-refractivity contribution >= 4 is 29.3 Å². The topological polar surface area (TPSA) is 155 Å². The molecule has 4 aromatic heterocycles. The highest BCUT2D eigenvalue weighted by Gasteiger charge is 2.22. The van der Waals surface area contributed by atoms with Crippen LogP contribution in [0.2, 0.25) is 0 Å². The van der Waals surface area contributed by atoms with Crippen molar-refractivity contribution in [3.63, 3.8) is 0 Å². The molecule has 11 nitrogen and oxygen atoms in total. The van der Waals surface area contributed by atoms with Gasteiger partial charge in [0, 0.05) is 30.4 Å². The second kappa shape index (κ2) is 10.1. The number of nitrogens with two attached hydrogens (primary N) is 1. The average Bonchev–Trinajstić information content (AvgIpc) is 3.32. The summed E-state index contributed by atoms with van der Waals surface area (Å²) in [6, 6.07) is 3.48. The Morgan fingerprint density at radius 2 is 1.92 bits per heavy atom. The Bertz CT molecular complexity index is 1590. The normalized spacial score (nSPS) is 11.0. The number of methoxy groups -OCH3 is 1. The lowest BCUT2D eigenvalue weighted by Crippen LogP contribution is -2.23. The fraction of sp³-hybridized carbons (Fsp3) is 0.136. The molecule has 0 aliphatic carbocycles. The lowest BCUT2D eigenvalue weighted by atomic mass is 10.00. The summed E-state index contributed by atoms with van der Waals surface area (Å²) in [5.74, 6) is -2.66. The zero-order valence-corrected chi connectivity index (χ0v) is 19.8. The van der Waals surface area contributed by atoms with Gasteiger partial charge in [0.05, 0.1) is 24.4 Å². The molecule has 0 spiro atoms. The Kier molecular flexibility index (Phi) is 6.97. The minimum absolute atomic E-state index is 0.0131. The first kappa shape index (κ1) is 25.4. The fourth-order valence-electron chi connectivity index (χ4n) is 3.34. The van der Waals surface area contributed by atoms with E-state index in [1.165, 1.54) is 32.4 Å². The van der Waals surface area contributed by atoms with Gasteiger partial charge in [-0.25, -0.2) is 18.2 Å². The number of hydrogen-bond acceptors (Lipinski definition) is 9. The number of alkyl halides is 2. The maximum atomic E-state index is 15.1. The van der Waals surface area contributed by atoms with Gasteiger partial charge in [0.2, 0.25) is 11.9 Å². The van der Waals surface area contributed by atoms with E-state index in [0.29, 0.717) is 0 Å². The van der Waals surface area contributed by atoms with E-state index in [1.54, 1.807) is 0 Å². The van der Waals surface area contributed by atoms with Gasteiger partial charge in [-0.1, -0.05) is 0 Å². The van der Waals surface area contributed by atoms with E-state index in [0.717, 1.165) is 34.6 Å². The molecule has 4 heterocycles. The summed E-state index contributed by atoms with van der Waals surface area (Å²) < 4.78 is 51.7. The molecule has 4 aromatic rings. The van der Waals surface area contributed by atoms with Crippen LogP contribution >= 0.6 is 11.5 Å². The van der Waals surface area contributed by atoms with Crippen LogP contribution in [0.4, 0.5) is 19.1 Å². The van der Waals surface area contributed by atoms with E-state index in [1.807, 2.05) is 0 Å². The summed E-state index contributed by atoms with van der Waals surface area (Å²) in [7, 11) is 1.28. The molecule has 37 heavy (non-hydrogen) atoms. The number of aromatic nitrogens is 5. The van der Waals surface area contributed by atoms with Gasteiger partial charge in [0.1, 0.15) is 22.3 Å². The highest BCUT2D eigenvalue weighted by Crippen LogP contribution is 2.35.